The van der Waals surface area contributed by atoms with Crippen molar-refractivity contribution >= 4 is 5.91 Å². The van der Waals surface area contributed by atoms with Gasteiger partial charge >= 0.3 is 0 Å². The van der Waals surface area contributed by atoms with Crippen LogP contribution in [-0.2, 0) is 9.53 Å². The Morgan fingerprint density at radius 3 is 2.63 bits per heavy atom. The Labute approximate surface area is 116 Å². The summed E-state index contributed by atoms with van der Waals surface area (Å²) in [7, 11) is 1.80. The van der Waals surface area contributed by atoms with Crippen LogP contribution in [0.15, 0.2) is 0 Å². The van der Waals surface area contributed by atoms with Crippen LogP contribution in [0.4, 0.5) is 0 Å². The average Bonchev–Trinajstić information content (AvgIpc) is 3.18. The number of hydrogen-bond acceptors (Lipinski definition) is 3. The van der Waals surface area contributed by atoms with Crippen LogP contribution in [0, 0.1) is 5.92 Å². The minimum atomic E-state index is -0.752. The number of amides is 1. The molecule has 4 heteroatoms. The molecule has 2 fully saturated rings. The van der Waals surface area contributed by atoms with Crippen molar-refractivity contribution in [1.29, 1.82) is 0 Å². The summed E-state index contributed by atoms with van der Waals surface area (Å²) in [5, 5.41) is 10.4. The summed E-state index contributed by atoms with van der Waals surface area (Å²) in [6.07, 6.45) is 7.66. The second-order valence-electron chi connectivity index (χ2n) is 6.30. The highest BCUT2D eigenvalue weighted by molar-refractivity contribution is 5.77. The number of carbonyl (C=O) groups is 1. The van der Waals surface area contributed by atoms with Crippen LogP contribution in [0.25, 0.3) is 0 Å². The zero-order valence-corrected chi connectivity index (χ0v) is 12.1. The van der Waals surface area contributed by atoms with Gasteiger partial charge in [-0.05, 0) is 31.6 Å². The lowest BCUT2D eigenvalue weighted by Gasteiger charge is -2.32. The summed E-state index contributed by atoms with van der Waals surface area (Å²) >= 11 is 0. The number of aliphatic hydroxyl groups is 1. The summed E-state index contributed by atoms with van der Waals surface area (Å²) in [4.78, 5) is 13.8. The summed E-state index contributed by atoms with van der Waals surface area (Å²) in [6.45, 7) is 2.07. The average molecular weight is 269 g/mol. The van der Waals surface area contributed by atoms with Crippen LogP contribution in [0.1, 0.15) is 51.4 Å². The van der Waals surface area contributed by atoms with E-state index in [0.29, 0.717) is 13.2 Å². The first kappa shape index (κ1) is 14.8. The van der Waals surface area contributed by atoms with Gasteiger partial charge in [0, 0.05) is 20.2 Å². The Hall–Kier alpha value is -0.610. The quantitative estimate of drug-likeness (QED) is 0.719. The van der Waals surface area contributed by atoms with Gasteiger partial charge in [0.25, 0.3) is 0 Å². The van der Waals surface area contributed by atoms with E-state index >= 15 is 0 Å². The van der Waals surface area contributed by atoms with Crippen molar-refractivity contribution in [3.05, 3.63) is 0 Å². The van der Waals surface area contributed by atoms with Gasteiger partial charge < -0.3 is 14.7 Å². The van der Waals surface area contributed by atoms with Crippen molar-refractivity contribution in [2.75, 3.05) is 26.8 Å². The molecule has 110 valence electrons. The SMILES string of the molecule is CN(CCOCC1CC1)C(=O)CC1(O)CCCCC1. The molecule has 0 spiro atoms. The molecule has 2 aliphatic carbocycles. The van der Waals surface area contributed by atoms with Gasteiger partial charge in [-0.25, -0.2) is 0 Å². The number of hydrogen-bond donors (Lipinski definition) is 1. The Balaban J connectivity index is 1.62. The molecular weight excluding hydrogens is 242 g/mol. The normalized spacial score (nSPS) is 22.2. The lowest BCUT2D eigenvalue weighted by Crippen LogP contribution is -2.40. The maximum atomic E-state index is 12.1. The van der Waals surface area contributed by atoms with Gasteiger partial charge in [-0.3, -0.25) is 4.79 Å². The fourth-order valence-corrected chi connectivity index (χ4v) is 2.66. The Morgan fingerprint density at radius 1 is 1.32 bits per heavy atom. The zero-order chi connectivity index (χ0) is 13.7. The first-order chi connectivity index (χ1) is 9.09. The van der Waals surface area contributed by atoms with E-state index < -0.39 is 5.60 Å². The van der Waals surface area contributed by atoms with Crippen LogP contribution < -0.4 is 0 Å². The first-order valence-electron chi connectivity index (χ1n) is 7.63. The Kier molecular flexibility index (Phi) is 5.22. The molecule has 2 rings (SSSR count). The molecule has 0 aromatic heterocycles. The highest BCUT2D eigenvalue weighted by Gasteiger charge is 2.32. The highest BCUT2D eigenvalue weighted by atomic mass is 16.5. The van der Waals surface area contributed by atoms with Gasteiger partial charge in [0.2, 0.25) is 5.91 Å². The second kappa shape index (κ2) is 6.71. The second-order valence-corrected chi connectivity index (χ2v) is 6.30. The van der Waals surface area contributed by atoms with E-state index in [1.165, 1.54) is 19.3 Å². The van der Waals surface area contributed by atoms with Crippen molar-refractivity contribution < 1.29 is 14.6 Å². The van der Waals surface area contributed by atoms with E-state index in [2.05, 4.69) is 0 Å². The molecule has 0 aromatic rings. The predicted molar refractivity (Wildman–Crippen MR) is 73.8 cm³/mol. The van der Waals surface area contributed by atoms with Crippen LogP contribution in [0.5, 0.6) is 0 Å². The smallest absolute Gasteiger partial charge is 0.225 e. The largest absolute Gasteiger partial charge is 0.389 e. The van der Waals surface area contributed by atoms with E-state index in [4.69, 9.17) is 4.74 Å². The van der Waals surface area contributed by atoms with Crippen molar-refractivity contribution in [3.63, 3.8) is 0 Å². The number of rotatable bonds is 7. The lowest BCUT2D eigenvalue weighted by atomic mass is 9.82. The Bertz CT molecular complexity index is 296. The minimum Gasteiger partial charge on any atom is -0.389 e. The van der Waals surface area contributed by atoms with E-state index in [1.807, 2.05) is 0 Å². The van der Waals surface area contributed by atoms with E-state index in [1.54, 1.807) is 11.9 Å². The molecule has 0 aromatic carbocycles. The fraction of sp³-hybridized carbons (Fsp3) is 0.933. The standard InChI is InChI=1S/C15H27NO3/c1-16(9-10-19-12-13-5-6-13)14(17)11-15(18)7-3-2-4-8-15/h13,18H,2-12H2,1H3. The van der Waals surface area contributed by atoms with Gasteiger partial charge in [-0.2, -0.15) is 0 Å². The molecular formula is C15H27NO3. The van der Waals surface area contributed by atoms with Crippen molar-refractivity contribution in [1.82, 2.24) is 4.90 Å². The topological polar surface area (TPSA) is 49.8 Å². The van der Waals surface area contributed by atoms with Crippen LogP contribution in [0.3, 0.4) is 0 Å². The lowest BCUT2D eigenvalue weighted by molar-refractivity contribution is -0.137. The third kappa shape index (κ3) is 5.11. The molecule has 0 atom stereocenters. The van der Waals surface area contributed by atoms with Crippen LogP contribution in [0.2, 0.25) is 0 Å². The summed E-state index contributed by atoms with van der Waals surface area (Å²) in [5.74, 6) is 0.809. The van der Waals surface area contributed by atoms with Crippen molar-refractivity contribution in [2.24, 2.45) is 5.92 Å². The van der Waals surface area contributed by atoms with E-state index in [-0.39, 0.29) is 12.3 Å². The van der Waals surface area contributed by atoms with Crippen molar-refractivity contribution in [2.45, 2.75) is 57.0 Å². The molecule has 4 nitrogen and oxygen atoms in total. The number of likely N-dealkylation sites (N-methyl/N-ethyl adjacent to an activating group) is 1. The van der Waals surface area contributed by atoms with Gasteiger partial charge in [-0.1, -0.05) is 19.3 Å². The molecule has 0 radical (unpaired) electrons. The molecule has 0 saturated heterocycles. The molecule has 0 aliphatic heterocycles. The Morgan fingerprint density at radius 2 is 2.00 bits per heavy atom. The van der Waals surface area contributed by atoms with Gasteiger partial charge in [-0.15, -0.1) is 0 Å². The molecule has 2 saturated carbocycles. The molecule has 0 bridgehead atoms. The fourth-order valence-electron chi connectivity index (χ4n) is 2.66. The zero-order valence-electron chi connectivity index (χ0n) is 12.1. The molecule has 1 N–H and O–H groups in total. The van der Waals surface area contributed by atoms with Gasteiger partial charge in [0.1, 0.15) is 0 Å². The summed E-state index contributed by atoms with van der Waals surface area (Å²) < 4.78 is 5.54. The number of carbonyl (C=O) groups excluding carboxylic acids is 1. The number of nitrogens with zero attached hydrogens (tertiary/aromatic N) is 1. The van der Waals surface area contributed by atoms with Gasteiger partial charge in [0.15, 0.2) is 0 Å². The molecule has 0 heterocycles. The minimum absolute atomic E-state index is 0.0411. The van der Waals surface area contributed by atoms with E-state index in [9.17, 15) is 9.90 Å². The summed E-state index contributed by atoms with van der Waals surface area (Å²) in [6, 6.07) is 0. The monoisotopic (exact) mass is 269 g/mol. The maximum Gasteiger partial charge on any atom is 0.225 e. The third-order valence-electron chi connectivity index (χ3n) is 4.31. The van der Waals surface area contributed by atoms with Crippen LogP contribution in [-0.4, -0.2) is 48.3 Å². The van der Waals surface area contributed by atoms with Crippen molar-refractivity contribution in [3.8, 4) is 0 Å². The maximum absolute atomic E-state index is 12.1. The van der Waals surface area contributed by atoms with E-state index in [0.717, 1.165) is 38.2 Å². The predicted octanol–water partition coefficient (Wildman–Crippen LogP) is 1.96. The summed E-state index contributed by atoms with van der Waals surface area (Å²) in [5.41, 5.74) is -0.752. The first-order valence-corrected chi connectivity index (χ1v) is 7.63. The molecule has 0 unspecified atom stereocenters. The van der Waals surface area contributed by atoms with Gasteiger partial charge in [0.05, 0.1) is 18.6 Å². The molecule has 19 heavy (non-hydrogen) atoms. The highest BCUT2D eigenvalue weighted by Crippen LogP contribution is 2.31. The molecule has 2 aliphatic rings. The number of ether oxygens (including phenoxy) is 1. The van der Waals surface area contributed by atoms with Crippen LogP contribution >= 0.6 is 0 Å². The third-order valence-corrected chi connectivity index (χ3v) is 4.31. The molecule has 1 amide bonds.